The number of nitrogens with two attached hydrogens (primary N) is 1. The molecule has 0 spiro atoms. The van der Waals surface area contributed by atoms with Gasteiger partial charge in [-0.15, -0.1) is 11.3 Å². The maximum Gasteiger partial charge on any atom is 0.0502 e. The molecule has 2 aromatic rings. The first-order chi connectivity index (χ1) is 9.26. The summed E-state index contributed by atoms with van der Waals surface area (Å²) in [6.45, 7) is 0.772. The molecule has 0 amide bonds. The first-order valence-corrected chi connectivity index (χ1v) is 7.90. The predicted molar refractivity (Wildman–Crippen MR) is 81.4 cm³/mol. The Morgan fingerprint density at radius 1 is 1.32 bits per heavy atom. The Bertz CT molecular complexity index is 555. The summed E-state index contributed by atoms with van der Waals surface area (Å²) in [5, 5.41) is 13.4. The van der Waals surface area contributed by atoms with Crippen molar-refractivity contribution in [3.63, 3.8) is 0 Å². The van der Waals surface area contributed by atoms with E-state index in [0.29, 0.717) is 6.54 Å². The lowest BCUT2D eigenvalue weighted by molar-refractivity contribution is 0.116. The molecule has 0 bridgehead atoms. The Hall–Kier alpha value is -0.900. The zero-order chi connectivity index (χ0) is 13.3. The molecule has 1 heterocycles. The van der Waals surface area contributed by atoms with E-state index in [9.17, 15) is 5.11 Å². The van der Waals surface area contributed by atoms with Crippen molar-refractivity contribution in [2.24, 2.45) is 17.1 Å². The molecule has 3 heteroatoms. The fourth-order valence-electron chi connectivity index (χ4n) is 2.92. The molecule has 1 aromatic heterocycles. The topological polar surface area (TPSA) is 46.2 Å². The van der Waals surface area contributed by atoms with Gasteiger partial charge >= 0.3 is 0 Å². The summed E-state index contributed by atoms with van der Waals surface area (Å²) in [7, 11) is 0. The molecule has 0 aliphatic heterocycles. The van der Waals surface area contributed by atoms with Gasteiger partial charge in [-0.2, -0.15) is 0 Å². The lowest BCUT2D eigenvalue weighted by Gasteiger charge is -2.30. The van der Waals surface area contributed by atoms with Crippen LogP contribution in [0.25, 0.3) is 10.1 Å². The molecule has 1 fully saturated rings. The third-order valence-electron chi connectivity index (χ3n) is 4.31. The molecule has 0 radical (unpaired) electrons. The molecule has 1 aliphatic carbocycles. The van der Waals surface area contributed by atoms with Crippen LogP contribution in [0.4, 0.5) is 0 Å². The highest BCUT2D eigenvalue weighted by molar-refractivity contribution is 7.17. The smallest absolute Gasteiger partial charge is 0.0502 e. The van der Waals surface area contributed by atoms with Gasteiger partial charge in [-0.25, -0.2) is 0 Å². The minimum absolute atomic E-state index is 0.120. The lowest BCUT2D eigenvalue weighted by Crippen LogP contribution is -2.37. The average molecular weight is 275 g/mol. The quantitative estimate of drug-likeness (QED) is 0.850. The fraction of sp³-hybridized carbons (Fsp3) is 0.500. The summed E-state index contributed by atoms with van der Waals surface area (Å²) in [5.41, 5.74) is 7.23. The largest absolute Gasteiger partial charge is 0.396 e. The van der Waals surface area contributed by atoms with E-state index in [1.54, 1.807) is 11.3 Å². The van der Waals surface area contributed by atoms with Gasteiger partial charge < -0.3 is 10.8 Å². The normalized spacial score (nSPS) is 18.6. The second-order valence-electron chi connectivity index (χ2n) is 5.94. The van der Waals surface area contributed by atoms with Crippen LogP contribution in [0, 0.1) is 11.3 Å². The summed E-state index contributed by atoms with van der Waals surface area (Å²) in [4.78, 5) is 0. The molecule has 1 saturated carbocycles. The zero-order valence-corrected chi connectivity index (χ0v) is 12.0. The van der Waals surface area contributed by atoms with E-state index >= 15 is 0 Å². The van der Waals surface area contributed by atoms with Gasteiger partial charge in [-0.3, -0.25) is 0 Å². The number of thiophene rings is 1. The summed E-state index contributed by atoms with van der Waals surface area (Å²) in [6.07, 6.45) is 4.60. The molecule has 1 unspecified atom stereocenters. The van der Waals surface area contributed by atoms with E-state index < -0.39 is 0 Å². The van der Waals surface area contributed by atoms with Gasteiger partial charge in [0.25, 0.3) is 0 Å². The van der Waals surface area contributed by atoms with Crippen molar-refractivity contribution in [1.82, 2.24) is 0 Å². The van der Waals surface area contributed by atoms with Crippen LogP contribution in [0.3, 0.4) is 0 Å². The van der Waals surface area contributed by atoms with Gasteiger partial charge in [0.2, 0.25) is 0 Å². The van der Waals surface area contributed by atoms with Crippen molar-refractivity contribution in [3.8, 4) is 0 Å². The van der Waals surface area contributed by atoms with E-state index in [1.165, 1.54) is 28.5 Å². The van der Waals surface area contributed by atoms with Gasteiger partial charge in [0.15, 0.2) is 0 Å². The molecular formula is C16H21NOS. The first kappa shape index (κ1) is 13.1. The maximum atomic E-state index is 9.85. The lowest BCUT2D eigenvalue weighted by atomic mass is 9.78. The van der Waals surface area contributed by atoms with Crippen LogP contribution in [0.5, 0.6) is 0 Å². The SMILES string of the molecule is NCC(CO)(Cc1csc2ccccc12)CC1CC1. The zero-order valence-electron chi connectivity index (χ0n) is 11.1. The van der Waals surface area contributed by atoms with Gasteiger partial charge in [0, 0.05) is 16.7 Å². The van der Waals surface area contributed by atoms with Gasteiger partial charge in [-0.1, -0.05) is 31.0 Å². The Morgan fingerprint density at radius 3 is 2.79 bits per heavy atom. The molecule has 19 heavy (non-hydrogen) atoms. The maximum absolute atomic E-state index is 9.85. The first-order valence-electron chi connectivity index (χ1n) is 7.02. The molecule has 2 nitrogen and oxygen atoms in total. The molecule has 102 valence electrons. The average Bonchev–Trinajstić information content (AvgIpc) is 3.18. The van der Waals surface area contributed by atoms with Crippen molar-refractivity contribution >= 4 is 21.4 Å². The standard InChI is InChI=1S/C16H21NOS/c17-10-16(11-18,7-12-5-6-12)8-13-9-19-15-4-2-1-3-14(13)15/h1-4,9,12,18H,5-8,10-11,17H2. The van der Waals surface area contributed by atoms with Crippen LogP contribution >= 0.6 is 11.3 Å². The Balaban J connectivity index is 1.88. The number of hydrogen-bond acceptors (Lipinski definition) is 3. The van der Waals surface area contributed by atoms with Gasteiger partial charge in [-0.05, 0) is 41.2 Å². The predicted octanol–water partition coefficient (Wildman–Crippen LogP) is 3.18. The number of aliphatic hydroxyl groups is 1. The Morgan fingerprint density at radius 2 is 2.11 bits per heavy atom. The molecule has 3 N–H and O–H groups in total. The second kappa shape index (κ2) is 5.23. The Labute approximate surface area is 118 Å². The van der Waals surface area contributed by atoms with Crippen molar-refractivity contribution in [3.05, 3.63) is 35.2 Å². The monoisotopic (exact) mass is 275 g/mol. The fourth-order valence-corrected chi connectivity index (χ4v) is 3.88. The molecule has 3 rings (SSSR count). The third-order valence-corrected chi connectivity index (χ3v) is 5.33. The minimum Gasteiger partial charge on any atom is -0.396 e. The summed E-state index contributed by atoms with van der Waals surface area (Å²) < 4.78 is 1.33. The van der Waals surface area contributed by atoms with Gasteiger partial charge in [0.1, 0.15) is 0 Å². The second-order valence-corrected chi connectivity index (χ2v) is 6.85. The molecule has 0 saturated heterocycles. The van der Waals surface area contributed by atoms with Crippen molar-refractivity contribution in [2.45, 2.75) is 25.7 Å². The van der Waals surface area contributed by atoms with E-state index in [4.69, 9.17) is 5.73 Å². The van der Waals surface area contributed by atoms with Crippen LogP contribution in [-0.2, 0) is 6.42 Å². The highest BCUT2D eigenvalue weighted by Crippen LogP contribution is 2.42. The van der Waals surface area contributed by atoms with Crippen molar-refractivity contribution < 1.29 is 5.11 Å². The number of benzene rings is 1. The van der Waals surface area contributed by atoms with Crippen molar-refractivity contribution in [2.75, 3.05) is 13.2 Å². The number of fused-ring (bicyclic) bond motifs is 1. The van der Waals surface area contributed by atoms with E-state index in [-0.39, 0.29) is 12.0 Å². The molecule has 1 atom stereocenters. The van der Waals surface area contributed by atoms with Crippen LogP contribution < -0.4 is 5.73 Å². The van der Waals surface area contributed by atoms with E-state index in [1.807, 2.05) is 0 Å². The van der Waals surface area contributed by atoms with Crippen LogP contribution in [0.1, 0.15) is 24.8 Å². The number of aliphatic hydroxyl groups excluding tert-OH is 1. The van der Waals surface area contributed by atoms with Crippen molar-refractivity contribution in [1.29, 1.82) is 0 Å². The highest BCUT2D eigenvalue weighted by atomic mass is 32.1. The van der Waals surface area contributed by atoms with Crippen LogP contribution in [0.2, 0.25) is 0 Å². The van der Waals surface area contributed by atoms with E-state index in [0.717, 1.165) is 18.8 Å². The summed E-state index contributed by atoms with van der Waals surface area (Å²) >= 11 is 1.79. The molecule has 1 aliphatic rings. The van der Waals surface area contributed by atoms with Crippen LogP contribution in [0.15, 0.2) is 29.6 Å². The number of hydrogen-bond donors (Lipinski definition) is 2. The molecule has 1 aromatic carbocycles. The summed E-state index contributed by atoms with van der Waals surface area (Å²) in [5.74, 6) is 0.792. The third kappa shape index (κ3) is 2.69. The highest BCUT2D eigenvalue weighted by Gasteiger charge is 2.36. The Kier molecular flexibility index (Phi) is 3.61. The number of rotatable bonds is 6. The van der Waals surface area contributed by atoms with Crippen LogP contribution in [-0.4, -0.2) is 18.3 Å². The summed E-state index contributed by atoms with van der Waals surface area (Å²) in [6, 6.07) is 8.50. The van der Waals surface area contributed by atoms with E-state index in [2.05, 4.69) is 29.6 Å². The van der Waals surface area contributed by atoms with Gasteiger partial charge in [0.05, 0.1) is 6.61 Å². The minimum atomic E-state index is -0.120. The molecular weight excluding hydrogens is 254 g/mol.